The SMILES string of the molecule is CC(C)(C)c1ccccc1NC(=O)CN1CCC[C@@H]1CO. The Bertz CT molecular complexity index is 494. The molecule has 1 aliphatic rings. The number of carbonyl (C=O) groups is 1. The molecule has 2 N–H and O–H groups in total. The maximum absolute atomic E-state index is 12.3. The van der Waals surface area contributed by atoms with Gasteiger partial charge in [0.25, 0.3) is 0 Å². The smallest absolute Gasteiger partial charge is 0.238 e. The van der Waals surface area contributed by atoms with Crippen LogP contribution in [0.1, 0.15) is 39.2 Å². The third-order valence-corrected chi connectivity index (χ3v) is 4.07. The Morgan fingerprint density at radius 2 is 2.10 bits per heavy atom. The number of hydrogen-bond acceptors (Lipinski definition) is 3. The Kier molecular flexibility index (Phi) is 5.01. The van der Waals surface area contributed by atoms with Gasteiger partial charge in [-0.2, -0.15) is 0 Å². The maximum atomic E-state index is 12.3. The first-order valence-electron chi connectivity index (χ1n) is 7.66. The molecule has 1 aromatic carbocycles. The van der Waals surface area contributed by atoms with Crippen molar-refractivity contribution in [3.05, 3.63) is 29.8 Å². The average Bonchev–Trinajstić information content (AvgIpc) is 2.85. The summed E-state index contributed by atoms with van der Waals surface area (Å²) in [6.45, 7) is 7.79. The monoisotopic (exact) mass is 290 g/mol. The average molecular weight is 290 g/mol. The lowest BCUT2D eigenvalue weighted by Crippen LogP contribution is -2.38. The number of benzene rings is 1. The lowest BCUT2D eigenvalue weighted by molar-refractivity contribution is -0.117. The van der Waals surface area contributed by atoms with Gasteiger partial charge in [0.2, 0.25) is 5.91 Å². The molecule has 0 bridgehead atoms. The van der Waals surface area contributed by atoms with Crippen LogP contribution in [0.15, 0.2) is 24.3 Å². The van der Waals surface area contributed by atoms with Crippen LogP contribution in [0.4, 0.5) is 5.69 Å². The number of hydrogen-bond donors (Lipinski definition) is 2. The second kappa shape index (κ2) is 6.58. The van der Waals surface area contributed by atoms with Crippen LogP contribution in [0.25, 0.3) is 0 Å². The molecule has 0 aliphatic carbocycles. The summed E-state index contributed by atoms with van der Waals surface area (Å²) in [7, 11) is 0. The zero-order valence-corrected chi connectivity index (χ0v) is 13.2. The van der Waals surface area contributed by atoms with Gasteiger partial charge >= 0.3 is 0 Å². The van der Waals surface area contributed by atoms with Gasteiger partial charge in [-0.25, -0.2) is 0 Å². The fraction of sp³-hybridized carbons (Fsp3) is 0.588. The van der Waals surface area contributed by atoms with E-state index in [1.54, 1.807) is 0 Å². The molecule has 0 aromatic heterocycles. The quantitative estimate of drug-likeness (QED) is 0.895. The van der Waals surface area contributed by atoms with Gasteiger partial charge in [0.1, 0.15) is 0 Å². The molecule has 1 atom stereocenters. The normalized spacial score (nSPS) is 19.7. The van der Waals surface area contributed by atoms with E-state index in [1.165, 1.54) is 0 Å². The van der Waals surface area contributed by atoms with E-state index in [0.29, 0.717) is 6.54 Å². The highest BCUT2D eigenvalue weighted by atomic mass is 16.3. The highest BCUT2D eigenvalue weighted by Crippen LogP contribution is 2.29. The van der Waals surface area contributed by atoms with E-state index in [4.69, 9.17) is 0 Å². The van der Waals surface area contributed by atoms with Crippen molar-refractivity contribution in [3.63, 3.8) is 0 Å². The highest BCUT2D eigenvalue weighted by Gasteiger charge is 2.26. The Morgan fingerprint density at radius 1 is 1.38 bits per heavy atom. The molecule has 116 valence electrons. The van der Waals surface area contributed by atoms with E-state index >= 15 is 0 Å². The third-order valence-electron chi connectivity index (χ3n) is 4.07. The third kappa shape index (κ3) is 4.05. The first-order valence-corrected chi connectivity index (χ1v) is 7.66. The minimum Gasteiger partial charge on any atom is -0.395 e. The summed E-state index contributed by atoms with van der Waals surface area (Å²) >= 11 is 0. The van der Waals surface area contributed by atoms with Crippen LogP contribution in [0.3, 0.4) is 0 Å². The predicted molar refractivity (Wildman–Crippen MR) is 85.5 cm³/mol. The van der Waals surface area contributed by atoms with Crippen LogP contribution >= 0.6 is 0 Å². The van der Waals surface area contributed by atoms with Gasteiger partial charge in [-0.05, 0) is 36.4 Å². The summed E-state index contributed by atoms with van der Waals surface area (Å²) in [5.41, 5.74) is 2.01. The first kappa shape index (κ1) is 16.0. The Labute approximate surface area is 127 Å². The van der Waals surface area contributed by atoms with Crippen LogP contribution in [-0.4, -0.2) is 41.7 Å². The molecule has 0 radical (unpaired) electrons. The molecule has 0 saturated carbocycles. The second-order valence-corrected chi connectivity index (χ2v) is 6.79. The van der Waals surface area contributed by atoms with Crippen molar-refractivity contribution in [3.8, 4) is 0 Å². The molecule has 4 nitrogen and oxygen atoms in total. The number of para-hydroxylation sites is 1. The number of aliphatic hydroxyl groups is 1. The number of nitrogens with zero attached hydrogens (tertiary/aromatic N) is 1. The largest absolute Gasteiger partial charge is 0.395 e. The lowest BCUT2D eigenvalue weighted by atomic mass is 9.86. The molecular weight excluding hydrogens is 264 g/mol. The standard InChI is InChI=1S/C17H26N2O2/c1-17(2,3)14-8-4-5-9-15(14)18-16(21)11-19-10-6-7-13(19)12-20/h4-5,8-9,13,20H,6-7,10-12H2,1-3H3,(H,18,21)/t13-/m1/s1. The van der Waals surface area contributed by atoms with Crippen molar-refractivity contribution >= 4 is 11.6 Å². The number of likely N-dealkylation sites (tertiary alicyclic amines) is 1. The molecule has 1 aliphatic heterocycles. The second-order valence-electron chi connectivity index (χ2n) is 6.79. The van der Waals surface area contributed by atoms with Crippen molar-refractivity contribution in [2.24, 2.45) is 0 Å². The summed E-state index contributed by atoms with van der Waals surface area (Å²) in [6.07, 6.45) is 2.03. The topological polar surface area (TPSA) is 52.6 Å². The van der Waals surface area contributed by atoms with Crippen LogP contribution in [-0.2, 0) is 10.2 Å². The van der Waals surface area contributed by atoms with Crippen LogP contribution in [0.2, 0.25) is 0 Å². The van der Waals surface area contributed by atoms with E-state index in [9.17, 15) is 9.90 Å². The Balaban J connectivity index is 2.03. The summed E-state index contributed by atoms with van der Waals surface area (Å²) < 4.78 is 0. The molecule has 0 spiro atoms. The number of rotatable bonds is 4. The van der Waals surface area contributed by atoms with Gasteiger partial charge in [0, 0.05) is 11.7 Å². The molecule has 1 aromatic rings. The minimum atomic E-state index is -0.00878. The first-order chi connectivity index (χ1) is 9.91. The Hall–Kier alpha value is -1.39. The summed E-state index contributed by atoms with van der Waals surface area (Å²) in [6, 6.07) is 8.08. The predicted octanol–water partition coefficient (Wildman–Crippen LogP) is 2.38. The fourth-order valence-corrected chi connectivity index (χ4v) is 2.93. The minimum absolute atomic E-state index is 0.00736. The van der Waals surface area contributed by atoms with Crippen molar-refractivity contribution in [2.45, 2.75) is 45.1 Å². The molecule has 1 fully saturated rings. The summed E-state index contributed by atoms with van der Waals surface area (Å²) in [4.78, 5) is 14.3. The van der Waals surface area contributed by atoms with E-state index < -0.39 is 0 Å². The van der Waals surface area contributed by atoms with E-state index in [1.807, 2.05) is 18.2 Å². The van der Waals surface area contributed by atoms with Crippen molar-refractivity contribution < 1.29 is 9.90 Å². The molecule has 4 heteroatoms. The van der Waals surface area contributed by atoms with Crippen LogP contribution in [0.5, 0.6) is 0 Å². The fourth-order valence-electron chi connectivity index (χ4n) is 2.93. The highest BCUT2D eigenvalue weighted by molar-refractivity contribution is 5.93. The molecule has 1 amide bonds. The summed E-state index contributed by atoms with van der Waals surface area (Å²) in [5.74, 6) is -0.00736. The molecule has 1 heterocycles. The molecule has 0 unspecified atom stereocenters. The van der Waals surface area contributed by atoms with Crippen LogP contribution in [0, 0.1) is 0 Å². The van der Waals surface area contributed by atoms with Gasteiger partial charge in [-0.1, -0.05) is 39.0 Å². The number of amides is 1. The molecule has 21 heavy (non-hydrogen) atoms. The van der Waals surface area contributed by atoms with Gasteiger partial charge in [0.05, 0.1) is 13.2 Å². The van der Waals surface area contributed by atoms with Gasteiger partial charge in [-0.15, -0.1) is 0 Å². The number of nitrogens with one attached hydrogen (secondary N) is 1. The zero-order valence-electron chi connectivity index (χ0n) is 13.2. The number of aliphatic hydroxyl groups excluding tert-OH is 1. The summed E-state index contributed by atoms with van der Waals surface area (Å²) in [5, 5.41) is 12.3. The van der Waals surface area contributed by atoms with Gasteiger partial charge in [-0.3, -0.25) is 9.69 Å². The van der Waals surface area contributed by atoms with Crippen molar-refractivity contribution in [1.82, 2.24) is 4.90 Å². The lowest BCUT2D eigenvalue weighted by Gasteiger charge is -2.25. The molecule has 1 saturated heterocycles. The van der Waals surface area contributed by atoms with Gasteiger partial charge in [0.15, 0.2) is 0 Å². The van der Waals surface area contributed by atoms with Crippen LogP contribution < -0.4 is 5.32 Å². The van der Waals surface area contributed by atoms with Crippen molar-refractivity contribution in [1.29, 1.82) is 0 Å². The molecule has 2 rings (SSSR count). The molecular formula is C17H26N2O2. The van der Waals surface area contributed by atoms with E-state index in [-0.39, 0.29) is 24.0 Å². The van der Waals surface area contributed by atoms with Crippen molar-refractivity contribution in [2.75, 3.05) is 25.0 Å². The maximum Gasteiger partial charge on any atom is 0.238 e. The zero-order chi connectivity index (χ0) is 15.5. The number of anilines is 1. The number of carbonyl (C=O) groups excluding carboxylic acids is 1. The van der Waals surface area contributed by atoms with E-state index in [2.05, 4.69) is 37.1 Å². The Morgan fingerprint density at radius 3 is 2.76 bits per heavy atom. The van der Waals surface area contributed by atoms with Gasteiger partial charge < -0.3 is 10.4 Å². The van der Waals surface area contributed by atoms with E-state index in [0.717, 1.165) is 30.6 Å².